The quantitative estimate of drug-likeness (QED) is 0.795. The first-order valence-corrected chi connectivity index (χ1v) is 8.15. The predicted molar refractivity (Wildman–Crippen MR) is 84.9 cm³/mol. The minimum Gasteiger partial charge on any atom is -0.493 e. The Labute approximate surface area is 131 Å². The van der Waals surface area contributed by atoms with Gasteiger partial charge in [-0.25, -0.2) is 0 Å². The van der Waals surface area contributed by atoms with Crippen molar-refractivity contribution in [1.29, 1.82) is 0 Å². The van der Waals surface area contributed by atoms with E-state index in [1.54, 1.807) is 7.11 Å². The number of likely N-dealkylation sites (tertiary alicyclic amines) is 1. The maximum Gasteiger partial charge on any atom is 0.157 e. The van der Waals surface area contributed by atoms with E-state index in [0.29, 0.717) is 12.0 Å². The average molecular weight is 295 g/mol. The molecule has 1 saturated heterocycles. The maximum atomic E-state index is 6.43. The molecule has 3 atom stereocenters. The summed E-state index contributed by atoms with van der Waals surface area (Å²) in [5, 5.41) is 0. The number of piperidine rings is 1. The summed E-state index contributed by atoms with van der Waals surface area (Å²) in [6.07, 6.45) is 6.72. The van der Waals surface area contributed by atoms with Crippen LogP contribution in [0.1, 0.15) is 23.1 Å². The second-order valence-electron chi connectivity index (χ2n) is 7.10. The highest BCUT2D eigenvalue weighted by Crippen LogP contribution is 2.62. The molecule has 0 N–H and O–H groups in total. The second-order valence-corrected chi connectivity index (χ2v) is 7.10. The number of rotatable bonds is 1. The fraction of sp³-hybridized carbons (Fsp3) is 0.474. The van der Waals surface area contributed by atoms with Crippen LogP contribution < -0.4 is 4.74 Å². The van der Waals surface area contributed by atoms with Gasteiger partial charge in [0.1, 0.15) is 5.75 Å². The number of likely N-dealkylation sites (N-methyl/N-ethyl adjacent to an activating group) is 1. The molecular weight excluding hydrogens is 274 g/mol. The van der Waals surface area contributed by atoms with Gasteiger partial charge in [-0.15, -0.1) is 0 Å². The van der Waals surface area contributed by atoms with E-state index in [0.717, 1.165) is 36.7 Å². The molecule has 0 saturated carbocycles. The van der Waals surface area contributed by atoms with E-state index in [-0.39, 0.29) is 5.41 Å². The third-order valence-electron chi connectivity index (χ3n) is 6.23. The first-order chi connectivity index (χ1) is 10.7. The van der Waals surface area contributed by atoms with Gasteiger partial charge in [0.15, 0.2) is 11.5 Å². The molecule has 1 aromatic rings. The van der Waals surface area contributed by atoms with Crippen molar-refractivity contribution in [3.05, 3.63) is 52.5 Å². The van der Waals surface area contributed by atoms with E-state index in [4.69, 9.17) is 9.47 Å². The summed E-state index contributed by atoms with van der Waals surface area (Å²) in [6, 6.07) is 5.08. The van der Waals surface area contributed by atoms with Gasteiger partial charge in [0.25, 0.3) is 0 Å². The smallest absolute Gasteiger partial charge is 0.157 e. The molecule has 1 spiro atoms. The first kappa shape index (κ1) is 12.8. The van der Waals surface area contributed by atoms with E-state index in [9.17, 15) is 0 Å². The van der Waals surface area contributed by atoms with E-state index < -0.39 is 0 Å². The van der Waals surface area contributed by atoms with Crippen LogP contribution in [0.15, 0.2) is 35.8 Å². The average Bonchev–Trinajstić information content (AvgIpc) is 2.88. The fourth-order valence-corrected chi connectivity index (χ4v) is 5.17. The molecule has 0 amide bonds. The maximum absolute atomic E-state index is 6.43. The first-order valence-electron chi connectivity index (χ1n) is 8.15. The summed E-state index contributed by atoms with van der Waals surface area (Å²) in [5.74, 6) is 3.56. The lowest BCUT2D eigenvalue weighted by molar-refractivity contribution is 0.0613. The third-order valence-corrected chi connectivity index (χ3v) is 6.23. The predicted octanol–water partition coefficient (Wildman–Crippen LogP) is 2.93. The van der Waals surface area contributed by atoms with Crippen molar-refractivity contribution in [2.75, 3.05) is 20.7 Å². The van der Waals surface area contributed by atoms with Crippen molar-refractivity contribution < 1.29 is 9.47 Å². The largest absolute Gasteiger partial charge is 0.493 e. The summed E-state index contributed by atoms with van der Waals surface area (Å²) in [5.41, 5.74) is 4.16. The van der Waals surface area contributed by atoms with Gasteiger partial charge in [-0.1, -0.05) is 18.2 Å². The van der Waals surface area contributed by atoms with Crippen LogP contribution in [0.25, 0.3) is 0 Å². The molecule has 3 nitrogen and oxygen atoms in total. The van der Waals surface area contributed by atoms with Gasteiger partial charge in [0, 0.05) is 17.5 Å². The SMILES string of the molecule is COC1=C2Oc3c(C)ccc4c3C23CCN(C)C(C4)C3C=C1. The summed E-state index contributed by atoms with van der Waals surface area (Å²) in [6.45, 7) is 3.27. The number of ether oxygens (including phenoxy) is 2. The van der Waals surface area contributed by atoms with Crippen LogP contribution in [0.4, 0.5) is 0 Å². The van der Waals surface area contributed by atoms with Crippen molar-refractivity contribution in [1.82, 2.24) is 4.90 Å². The molecule has 4 aliphatic rings. The van der Waals surface area contributed by atoms with Crippen molar-refractivity contribution >= 4 is 0 Å². The summed E-state index contributed by atoms with van der Waals surface area (Å²) < 4.78 is 12.1. The number of aryl methyl sites for hydroxylation is 1. The number of nitrogens with zero attached hydrogens (tertiary/aromatic N) is 1. The highest BCUT2D eigenvalue weighted by Gasteiger charge is 2.61. The van der Waals surface area contributed by atoms with E-state index >= 15 is 0 Å². The Morgan fingerprint density at radius 2 is 2.23 bits per heavy atom. The lowest BCUT2D eigenvalue weighted by Gasteiger charge is -2.53. The van der Waals surface area contributed by atoms with Gasteiger partial charge in [-0.05, 0) is 50.6 Å². The Morgan fingerprint density at radius 3 is 3.05 bits per heavy atom. The molecule has 2 heterocycles. The Morgan fingerprint density at radius 1 is 1.36 bits per heavy atom. The number of allylic oxidation sites excluding steroid dienone is 2. The van der Waals surface area contributed by atoms with Gasteiger partial charge in [0.05, 0.1) is 12.5 Å². The summed E-state index contributed by atoms with van der Waals surface area (Å²) in [7, 11) is 4.01. The van der Waals surface area contributed by atoms with E-state index in [2.05, 4.69) is 43.2 Å². The molecule has 3 unspecified atom stereocenters. The van der Waals surface area contributed by atoms with Crippen molar-refractivity contribution in [3.63, 3.8) is 0 Å². The second kappa shape index (κ2) is 3.96. The van der Waals surface area contributed by atoms with Crippen LogP contribution in [-0.4, -0.2) is 31.6 Å². The van der Waals surface area contributed by atoms with Crippen LogP contribution in [0.2, 0.25) is 0 Å². The number of hydrogen-bond acceptors (Lipinski definition) is 3. The molecule has 2 bridgehead atoms. The Hall–Kier alpha value is -1.74. The minimum atomic E-state index is 0.00616. The lowest BCUT2D eigenvalue weighted by atomic mass is 9.55. The van der Waals surface area contributed by atoms with Crippen LogP contribution in [0.3, 0.4) is 0 Å². The minimum absolute atomic E-state index is 0.00616. The van der Waals surface area contributed by atoms with Crippen LogP contribution in [0, 0.1) is 12.8 Å². The fourth-order valence-electron chi connectivity index (χ4n) is 5.17. The van der Waals surface area contributed by atoms with Crippen molar-refractivity contribution in [3.8, 4) is 5.75 Å². The number of methoxy groups -OCH3 is 1. The van der Waals surface area contributed by atoms with E-state index in [1.165, 1.54) is 16.7 Å². The molecule has 114 valence electrons. The summed E-state index contributed by atoms with van der Waals surface area (Å²) in [4.78, 5) is 2.52. The molecule has 3 heteroatoms. The normalized spacial score (nSPS) is 34.5. The highest BCUT2D eigenvalue weighted by atomic mass is 16.5. The zero-order chi connectivity index (χ0) is 15.1. The van der Waals surface area contributed by atoms with Crippen LogP contribution in [0.5, 0.6) is 5.75 Å². The standard InChI is InChI=1S/C19H21NO2/c1-11-4-5-12-10-14-13-6-7-15(21-3)18-19(13,8-9-20(14)2)16(12)17(11)22-18/h4-7,13-14H,8-10H2,1-3H3. The molecule has 2 aliphatic heterocycles. The molecular formula is C19H21NO2. The lowest BCUT2D eigenvalue weighted by Crippen LogP contribution is -2.58. The van der Waals surface area contributed by atoms with Crippen molar-refractivity contribution in [2.24, 2.45) is 5.92 Å². The van der Waals surface area contributed by atoms with Crippen LogP contribution in [-0.2, 0) is 16.6 Å². The number of benzene rings is 1. The third kappa shape index (κ3) is 1.24. The number of hydrogen-bond donors (Lipinski definition) is 0. The van der Waals surface area contributed by atoms with Gasteiger partial charge >= 0.3 is 0 Å². The molecule has 2 aliphatic carbocycles. The zero-order valence-corrected chi connectivity index (χ0v) is 13.3. The van der Waals surface area contributed by atoms with Gasteiger partial charge in [-0.2, -0.15) is 0 Å². The Balaban J connectivity index is 1.87. The van der Waals surface area contributed by atoms with Gasteiger partial charge < -0.3 is 14.4 Å². The molecule has 1 aromatic carbocycles. The van der Waals surface area contributed by atoms with Gasteiger partial charge in [0.2, 0.25) is 0 Å². The molecule has 0 radical (unpaired) electrons. The molecule has 22 heavy (non-hydrogen) atoms. The highest BCUT2D eigenvalue weighted by molar-refractivity contribution is 5.64. The molecule has 1 fully saturated rings. The summed E-state index contributed by atoms with van der Waals surface area (Å²) >= 11 is 0. The Bertz CT molecular complexity index is 748. The van der Waals surface area contributed by atoms with Gasteiger partial charge in [-0.3, -0.25) is 0 Å². The zero-order valence-electron chi connectivity index (χ0n) is 13.3. The molecule has 5 rings (SSSR count). The molecule has 0 aromatic heterocycles. The van der Waals surface area contributed by atoms with E-state index in [1.807, 2.05) is 0 Å². The topological polar surface area (TPSA) is 21.7 Å². The van der Waals surface area contributed by atoms with Crippen LogP contribution >= 0.6 is 0 Å². The van der Waals surface area contributed by atoms with Crippen molar-refractivity contribution in [2.45, 2.75) is 31.2 Å². The Kier molecular flexibility index (Phi) is 2.30. The monoisotopic (exact) mass is 295 g/mol.